The molecule has 0 atom stereocenters. The number of rotatable bonds is 0. The number of thiophene rings is 1. The lowest BCUT2D eigenvalue weighted by Crippen LogP contribution is -1.47. The summed E-state index contributed by atoms with van der Waals surface area (Å²) in [7, 11) is 0. The van der Waals surface area contributed by atoms with E-state index in [9.17, 15) is 0 Å². The zero-order valence-electron chi connectivity index (χ0n) is 3.46. The fourth-order valence-corrected chi connectivity index (χ4v) is 1.41. The van der Waals surface area contributed by atoms with Crippen LogP contribution in [0.15, 0.2) is 20.6 Å². The second-order valence-electron chi connectivity index (χ2n) is 1.11. The second kappa shape index (κ2) is 2.11. The summed E-state index contributed by atoms with van der Waals surface area (Å²) < 4.78 is 0.989. The third kappa shape index (κ3) is 1.15. The largest absolute Gasteiger partial charge is 0.141 e. The molecule has 0 bridgehead atoms. The Labute approximate surface area is 57.4 Å². The molecule has 0 aliphatic carbocycles. The van der Waals surface area contributed by atoms with Crippen molar-refractivity contribution in [2.45, 2.75) is 9.10 Å². The molecular formula is C4H4S3. The summed E-state index contributed by atoms with van der Waals surface area (Å²) in [5.41, 5.74) is 0. The first-order valence-electron chi connectivity index (χ1n) is 1.76. The maximum atomic E-state index is 4.09. The van der Waals surface area contributed by atoms with Gasteiger partial charge in [-0.3, -0.25) is 0 Å². The molecule has 0 fully saturated rings. The van der Waals surface area contributed by atoms with Crippen LogP contribution in [0.2, 0.25) is 0 Å². The minimum atomic E-state index is 0.966. The maximum Gasteiger partial charge on any atom is 0.0701 e. The van der Waals surface area contributed by atoms with Gasteiger partial charge in [0.25, 0.3) is 0 Å². The van der Waals surface area contributed by atoms with Gasteiger partial charge in [0, 0.05) is 4.90 Å². The van der Waals surface area contributed by atoms with Crippen LogP contribution in [-0.4, -0.2) is 0 Å². The monoisotopic (exact) mass is 148 g/mol. The number of thiol groups is 2. The van der Waals surface area contributed by atoms with Crippen LogP contribution in [0.5, 0.6) is 0 Å². The molecule has 0 saturated carbocycles. The van der Waals surface area contributed by atoms with Crippen molar-refractivity contribution in [1.29, 1.82) is 0 Å². The predicted octanol–water partition coefficient (Wildman–Crippen LogP) is 2.33. The van der Waals surface area contributed by atoms with Gasteiger partial charge in [0.1, 0.15) is 0 Å². The first kappa shape index (κ1) is 5.54. The smallest absolute Gasteiger partial charge is 0.0701 e. The third-order valence-corrected chi connectivity index (χ3v) is 2.60. The van der Waals surface area contributed by atoms with Gasteiger partial charge in [0.05, 0.1) is 4.21 Å². The highest BCUT2D eigenvalue weighted by molar-refractivity contribution is 7.85. The van der Waals surface area contributed by atoms with E-state index in [2.05, 4.69) is 25.3 Å². The second-order valence-corrected chi connectivity index (χ2v) is 3.26. The highest BCUT2D eigenvalue weighted by Crippen LogP contribution is 2.23. The standard InChI is InChI=1S/C4H4S3/c5-3-1-2-7-4(3)6/h1-2,5-6H. The SMILES string of the molecule is Sc1ccsc1S. The van der Waals surface area contributed by atoms with Crippen molar-refractivity contribution in [3.05, 3.63) is 11.4 Å². The van der Waals surface area contributed by atoms with Crippen LogP contribution in [-0.2, 0) is 0 Å². The van der Waals surface area contributed by atoms with E-state index in [1.807, 2.05) is 11.4 Å². The van der Waals surface area contributed by atoms with Crippen LogP contribution in [0.4, 0.5) is 0 Å². The molecule has 0 aliphatic heterocycles. The summed E-state index contributed by atoms with van der Waals surface area (Å²) >= 11 is 9.77. The van der Waals surface area contributed by atoms with Gasteiger partial charge in [-0.2, -0.15) is 0 Å². The van der Waals surface area contributed by atoms with E-state index >= 15 is 0 Å². The molecule has 0 aliphatic rings. The van der Waals surface area contributed by atoms with Gasteiger partial charge >= 0.3 is 0 Å². The Bertz CT molecular complexity index is 139. The lowest BCUT2D eigenvalue weighted by molar-refractivity contribution is 1.43. The molecule has 3 heteroatoms. The molecule has 0 nitrogen and oxygen atoms in total. The van der Waals surface area contributed by atoms with Crippen molar-refractivity contribution < 1.29 is 0 Å². The van der Waals surface area contributed by atoms with E-state index in [1.54, 1.807) is 11.3 Å². The van der Waals surface area contributed by atoms with E-state index in [4.69, 9.17) is 0 Å². The molecule has 1 aromatic heterocycles. The third-order valence-electron chi connectivity index (χ3n) is 0.625. The van der Waals surface area contributed by atoms with Crippen molar-refractivity contribution >= 4 is 36.6 Å². The number of hydrogen-bond donors (Lipinski definition) is 2. The molecule has 1 heterocycles. The summed E-state index contributed by atoms with van der Waals surface area (Å²) in [6, 6.07) is 1.93. The molecule has 0 radical (unpaired) electrons. The van der Waals surface area contributed by atoms with Crippen LogP contribution in [0.1, 0.15) is 0 Å². The molecule has 38 valence electrons. The molecule has 0 saturated heterocycles. The molecule has 1 aromatic rings. The van der Waals surface area contributed by atoms with Crippen LogP contribution in [0.25, 0.3) is 0 Å². The Morgan fingerprint density at radius 1 is 1.43 bits per heavy atom. The van der Waals surface area contributed by atoms with Crippen molar-refractivity contribution in [2.75, 3.05) is 0 Å². The van der Waals surface area contributed by atoms with Crippen molar-refractivity contribution in [2.24, 2.45) is 0 Å². The molecule has 7 heavy (non-hydrogen) atoms. The predicted molar refractivity (Wildman–Crippen MR) is 38.8 cm³/mol. The molecule has 0 unspecified atom stereocenters. The van der Waals surface area contributed by atoms with Gasteiger partial charge in [-0.05, 0) is 11.4 Å². The average molecular weight is 148 g/mol. The molecule has 0 spiro atoms. The maximum absolute atomic E-state index is 4.09. The van der Waals surface area contributed by atoms with Crippen LogP contribution in [0, 0.1) is 0 Å². The van der Waals surface area contributed by atoms with Gasteiger partial charge in [-0.15, -0.1) is 36.6 Å². The van der Waals surface area contributed by atoms with Crippen molar-refractivity contribution in [3.63, 3.8) is 0 Å². The van der Waals surface area contributed by atoms with Gasteiger partial charge < -0.3 is 0 Å². The molecule has 0 aromatic carbocycles. The average Bonchev–Trinajstić information content (AvgIpc) is 1.91. The molecular weight excluding hydrogens is 144 g/mol. The Balaban J connectivity index is 3.12. The summed E-state index contributed by atoms with van der Waals surface area (Å²) in [5.74, 6) is 0. The normalized spacial score (nSPS) is 9.43. The lowest BCUT2D eigenvalue weighted by Gasteiger charge is -1.77. The van der Waals surface area contributed by atoms with Gasteiger partial charge in [-0.1, -0.05) is 0 Å². The first-order chi connectivity index (χ1) is 3.30. The Morgan fingerprint density at radius 3 is 2.29 bits per heavy atom. The first-order valence-corrected chi connectivity index (χ1v) is 3.53. The van der Waals surface area contributed by atoms with Gasteiger partial charge in [0.2, 0.25) is 0 Å². The minimum absolute atomic E-state index is 0.966. The topological polar surface area (TPSA) is 0 Å². The van der Waals surface area contributed by atoms with Gasteiger partial charge in [-0.25, -0.2) is 0 Å². The zero-order chi connectivity index (χ0) is 5.28. The fraction of sp³-hybridized carbons (Fsp3) is 0. The van der Waals surface area contributed by atoms with Crippen LogP contribution < -0.4 is 0 Å². The fourth-order valence-electron chi connectivity index (χ4n) is 0.295. The Hall–Kier alpha value is 0.400. The zero-order valence-corrected chi connectivity index (χ0v) is 6.06. The van der Waals surface area contributed by atoms with Crippen molar-refractivity contribution in [1.82, 2.24) is 0 Å². The van der Waals surface area contributed by atoms with Crippen LogP contribution in [0.3, 0.4) is 0 Å². The van der Waals surface area contributed by atoms with Crippen molar-refractivity contribution in [3.8, 4) is 0 Å². The lowest BCUT2D eigenvalue weighted by atomic mass is 10.7. The summed E-state index contributed by atoms with van der Waals surface area (Å²) in [4.78, 5) is 0.966. The summed E-state index contributed by atoms with van der Waals surface area (Å²) in [6.07, 6.45) is 0. The Morgan fingerprint density at radius 2 is 2.14 bits per heavy atom. The van der Waals surface area contributed by atoms with E-state index < -0.39 is 0 Å². The van der Waals surface area contributed by atoms with Gasteiger partial charge in [0.15, 0.2) is 0 Å². The highest BCUT2D eigenvalue weighted by atomic mass is 32.2. The Kier molecular flexibility index (Phi) is 1.67. The highest BCUT2D eigenvalue weighted by Gasteiger charge is 1.89. The summed E-state index contributed by atoms with van der Waals surface area (Å²) in [6.45, 7) is 0. The quantitative estimate of drug-likeness (QED) is 0.518. The minimum Gasteiger partial charge on any atom is -0.141 e. The van der Waals surface area contributed by atoms with E-state index in [-0.39, 0.29) is 0 Å². The molecule has 0 amide bonds. The van der Waals surface area contributed by atoms with E-state index in [1.165, 1.54) is 0 Å². The summed E-state index contributed by atoms with van der Waals surface area (Å²) in [5, 5.41) is 1.96. The molecule has 1 rings (SSSR count). The van der Waals surface area contributed by atoms with E-state index in [0.717, 1.165) is 9.10 Å². The van der Waals surface area contributed by atoms with Crippen LogP contribution >= 0.6 is 36.6 Å². The van der Waals surface area contributed by atoms with E-state index in [0.29, 0.717) is 0 Å². The number of hydrogen-bond acceptors (Lipinski definition) is 3. The molecule has 0 N–H and O–H groups in total.